The number of rotatable bonds is 0. The van der Waals surface area contributed by atoms with Crippen LogP contribution in [-0.2, 0) is 21.7 Å². The molecule has 0 heterocycles. The Morgan fingerprint density at radius 3 is 2.19 bits per heavy atom. The molecule has 0 unspecified atom stereocenters. The van der Waals surface area contributed by atoms with Gasteiger partial charge in [0.25, 0.3) is 0 Å². The third-order valence-corrected chi connectivity index (χ3v) is 4.12. The van der Waals surface area contributed by atoms with E-state index in [0.29, 0.717) is 0 Å². The molecule has 0 aliphatic heterocycles. The molecule has 1 fully saturated rings. The van der Waals surface area contributed by atoms with Crippen LogP contribution in [0.25, 0.3) is 24.0 Å². The van der Waals surface area contributed by atoms with Gasteiger partial charge in [-0.05, 0) is 5.56 Å². The van der Waals surface area contributed by atoms with Gasteiger partial charge in [0.15, 0.2) is 0 Å². The zero-order valence-corrected chi connectivity index (χ0v) is 20.1. The molecule has 26 heavy (non-hydrogen) atoms. The molecule has 3 aliphatic carbocycles. The minimum absolute atomic E-state index is 0. The number of halogens is 2. The molecular weight excluding hydrogens is 413 g/mol. The van der Waals surface area contributed by atoms with Crippen molar-refractivity contribution in [2.45, 2.75) is 58.2 Å². The summed E-state index contributed by atoms with van der Waals surface area (Å²) in [4.78, 5) is 0. The molecule has 1 radical (unpaired) electrons. The maximum atomic E-state index is 7.27. The van der Waals surface area contributed by atoms with E-state index < -0.39 is 0 Å². The van der Waals surface area contributed by atoms with E-state index in [4.69, 9.17) is 5.73 Å². The standard InChI is InChI=1S/C13H9.C6H12N.C2H7Si.2ClH.Ti/c1-9-5-12-7-10-3-2-4-11(10)8-13(12)6-9;7-6-4-2-1-3-5-6;1-3-2;;;/h2-5,7-8H,1H3;6-7H,1-5H2;3H,1-2H3;2*1H;/q2*-1;;;;+4/p-2. The summed E-state index contributed by atoms with van der Waals surface area (Å²) < 4.78 is 0. The van der Waals surface area contributed by atoms with Crippen molar-refractivity contribution in [3.63, 3.8) is 0 Å². The second-order valence-corrected chi connectivity index (χ2v) is 7.61. The third-order valence-electron chi connectivity index (χ3n) is 4.12. The van der Waals surface area contributed by atoms with Gasteiger partial charge in [-0.25, -0.2) is 0 Å². The number of fused-ring (bicyclic) bond motifs is 2. The van der Waals surface area contributed by atoms with E-state index in [1.807, 2.05) is 0 Å². The van der Waals surface area contributed by atoms with E-state index in [-0.39, 0.29) is 52.6 Å². The largest absolute Gasteiger partial charge is 4.00 e. The summed E-state index contributed by atoms with van der Waals surface area (Å²) in [5.41, 5.74) is 11.1. The molecule has 1 nitrogen and oxygen atoms in total. The normalized spacial score (nSPS) is 15.5. The van der Waals surface area contributed by atoms with Crippen molar-refractivity contribution in [2.75, 3.05) is 0 Å². The van der Waals surface area contributed by atoms with Gasteiger partial charge in [0.2, 0.25) is 0 Å². The van der Waals surface area contributed by atoms with Crippen molar-refractivity contribution >= 4 is 27.7 Å². The summed E-state index contributed by atoms with van der Waals surface area (Å²) in [6.45, 7) is 6.50. The number of nitrogens with one attached hydrogen (secondary N) is 1. The van der Waals surface area contributed by atoms with Crippen LogP contribution in [-0.4, -0.2) is 15.6 Å². The van der Waals surface area contributed by atoms with Crippen molar-refractivity contribution in [3.05, 3.63) is 57.2 Å². The zero-order chi connectivity index (χ0) is 16.7. The smallest absolute Gasteiger partial charge is 1.00 e. The second-order valence-electron chi connectivity index (χ2n) is 6.46. The minimum Gasteiger partial charge on any atom is -1.00 e. The van der Waals surface area contributed by atoms with Gasteiger partial charge in [-0.3, -0.25) is 0 Å². The molecular formula is C21H28Cl2NSiTi. The van der Waals surface area contributed by atoms with Crippen LogP contribution in [0.1, 0.15) is 50.2 Å². The number of allylic oxidation sites excluding steroid dienone is 2. The van der Waals surface area contributed by atoms with Crippen molar-refractivity contribution in [3.8, 4) is 0 Å². The Kier molecular flexibility index (Phi) is 16.1. The molecule has 0 amide bonds. The van der Waals surface area contributed by atoms with Crippen LogP contribution in [0.15, 0.2) is 23.8 Å². The van der Waals surface area contributed by atoms with Gasteiger partial charge < -0.3 is 30.5 Å². The molecule has 0 saturated heterocycles. The van der Waals surface area contributed by atoms with Gasteiger partial charge in [-0.1, -0.05) is 81.6 Å². The van der Waals surface area contributed by atoms with Gasteiger partial charge in [0.1, 0.15) is 0 Å². The van der Waals surface area contributed by atoms with Crippen LogP contribution in [0.3, 0.4) is 0 Å². The van der Waals surface area contributed by atoms with Gasteiger partial charge >= 0.3 is 21.7 Å². The fourth-order valence-corrected chi connectivity index (χ4v) is 3.01. The van der Waals surface area contributed by atoms with Crippen LogP contribution in [0.4, 0.5) is 0 Å². The molecule has 0 atom stereocenters. The summed E-state index contributed by atoms with van der Waals surface area (Å²) >= 11 is 0. The van der Waals surface area contributed by atoms with Crippen LogP contribution in [0.5, 0.6) is 0 Å². The molecule has 4 rings (SSSR count). The number of benzene rings is 1. The second kappa shape index (κ2) is 14.9. The molecule has 0 spiro atoms. The van der Waals surface area contributed by atoms with Crippen molar-refractivity contribution in [1.82, 2.24) is 0 Å². The van der Waals surface area contributed by atoms with E-state index in [1.54, 1.807) is 0 Å². The van der Waals surface area contributed by atoms with Crippen molar-refractivity contribution in [2.24, 2.45) is 0 Å². The maximum Gasteiger partial charge on any atom is 4.00 e. The quantitative estimate of drug-likeness (QED) is 0.338. The fourth-order valence-electron chi connectivity index (χ4n) is 3.01. The van der Waals surface area contributed by atoms with Crippen molar-refractivity contribution in [1.29, 1.82) is 0 Å². The Morgan fingerprint density at radius 1 is 1.04 bits per heavy atom. The summed E-state index contributed by atoms with van der Waals surface area (Å²) in [7, 11) is 0.750. The van der Waals surface area contributed by atoms with Gasteiger partial charge in [0.05, 0.1) is 0 Å². The SMILES string of the molecule is CC1=[C-]c2cc3c(cc2=C1)C=CC=3.C[SiH]C.[Cl-].[Cl-].[NH-]C1CCCCC1.[Ti+4]. The van der Waals surface area contributed by atoms with Crippen LogP contribution < -0.4 is 35.3 Å². The van der Waals surface area contributed by atoms with E-state index in [9.17, 15) is 0 Å². The topological polar surface area (TPSA) is 23.8 Å². The van der Waals surface area contributed by atoms with E-state index in [0.717, 1.165) is 22.4 Å². The first kappa shape index (κ1) is 28.1. The molecule has 139 valence electrons. The monoisotopic (exact) mass is 440 g/mol. The minimum atomic E-state index is 0. The molecule has 1 saturated carbocycles. The Balaban J connectivity index is 0. The van der Waals surface area contributed by atoms with Crippen LogP contribution >= 0.6 is 0 Å². The average molecular weight is 441 g/mol. The molecule has 0 bridgehead atoms. The van der Waals surface area contributed by atoms with Crippen LogP contribution in [0.2, 0.25) is 13.1 Å². The molecule has 5 heteroatoms. The third kappa shape index (κ3) is 8.73. The first-order chi connectivity index (χ1) is 11.1. The van der Waals surface area contributed by atoms with E-state index in [1.165, 1.54) is 46.4 Å². The Morgan fingerprint density at radius 2 is 1.65 bits per heavy atom. The van der Waals surface area contributed by atoms with Gasteiger partial charge in [-0.2, -0.15) is 11.6 Å². The predicted molar refractivity (Wildman–Crippen MR) is 105 cm³/mol. The number of hydrogen-bond donors (Lipinski definition) is 0. The molecule has 0 aromatic heterocycles. The first-order valence-corrected chi connectivity index (χ1v) is 11.0. The van der Waals surface area contributed by atoms with E-state index in [2.05, 4.69) is 62.5 Å². The summed E-state index contributed by atoms with van der Waals surface area (Å²) in [6.07, 6.45) is 18.2. The summed E-state index contributed by atoms with van der Waals surface area (Å²) in [6, 6.07) is 4.72. The Labute approximate surface area is 188 Å². The fraction of sp³-hybridized carbons (Fsp3) is 0.429. The molecule has 1 N–H and O–H groups in total. The predicted octanol–water partition coefficient (Wildman–Crippen LogP) is -1.72. The Hall–Kier alpha value is -0.0888. The average Bonchev–Trinajstić information content (AvgIpc) is 3.11. The molecule has 1 aromatic rings. The van der Waals surface area contributed by atoms with Gasteiger partial charge in [-0.15, -0.1) is 29.0 Å². The van der Waals surface area contributed by atoms with Crippen LogP contribution in [0, 0.1) is 6.08 Å². The zero-order valence-electron chi connectivity index (χ0n) is 15.9. The Bertz CT molecular complexity index is 707. The maximum absolute atomic E-state index is 7.27. The van der Waals surface area contributed by atoms with Gasteiger partial charge in [0, 0.05) is 9.52 Å². The number of hydrogen-bond acceptors (Lipinski definition) is 0. The van der Waals surface area contributed by atoms with Crippen molar-refractivity contribution < 1.29 is 46.5 Å². The molecule has 3 aliphatic rings. The summed E-state index contributed by atoms with van der Waals surface area (Å²) in [5.74, 6) is 0. The van der Waals surface area contributed by atoms with E-state index >= 15 is 0 Å². The summed E-state index contributed by atoms with van der Waals surface area (Å²) in [5, 5.41) is 2.62. The first-order valence-electron chi connectivity index (χ1n) is 8.74. The molecule has 1 aromatic carbocycles.